The maximum absolute atomic E-state index is 5.93. The van der Waals surface area contributed by atoms with Crippen LogP contribution < -0.4 is 20.5 Å². The van der Waals surface area contributed by atoms with Crippen molar-refractivity contribution in [3.8, 4) is 11.5 Å². The molecule has 1 heterocycles. The van der Waals surface area contributed by atoms with Crippen LogP contribution >= 0.6 is 24.0 Å². The van der Waals surface area contributed by atoms with E-state index in [1.54, 1.807) is 14.2 Å². The van der Waals surface area contributed by atoms with Crippen LogP contribution in [0.5, 0.6) is 11.5 Å². The molecular weight excluding hydrogens is 419 g/mol. The summed E-state index contributed by atoms with van der Waals surface area (Å²) in [4.78, 5) is 6.78. The van der Waals surface area contributed by atoms with Crippen molar-refractivity contribution in [1.29, 1.82) is 0 Å². The van der Waals surface area contributed by atoms with Gasteiger partial charge in [0.15, 0.2) is 17.5 Å². The maximum atomic E-state index is 5.93. The Bertz CT molecular complexity index is 539. The number of aliphatic imine (C=N–C) groups is 1. The first-order chi connectivity index (χ1) is 11.1. The lowest BCUT2D eigenvalue weighted by molar-refractivity contribution is 0.354. The van der Waals surface area contributed by atoms with Crippen LogP contribution in [-0.4, -0.2) is 58.3 Å². The molecule has 7 heteroatoms. The molecule has 0 bridgehead atoms. The van der Waals surface area contributed by atoms with Gasteiger partial charge in [0.25, 0.3) is 0 Å². The molecule has 6 nitrogen and oxygen atoms in total. The van der Waals surface area contributed by atoms with Gasteiger partial charge in [-0.2, -0.15) is 0 Å². The minimum Gasteiger partial charge on any atom is -0.493 e. The van der Waals surface area contributed by atoms with Crippen LogP contribution in [0.1, 0.15) is 12.0 Å². The molecule has 2 rings (SSSR count). The summed E-state index contributed by atoms with van der Waals surface area (Å²) in [5.74, 6) is 2.65. The molecule has 1 aliphatic rings. The van der Waals surface area contributed by atoms with E-state index in [9.17, 15) is 0 Å². The number of hydrogen-bond acceptors (Lipinski definition) is 4. The number of methoxy groups -OCH3 is 2. The van der Waals surface area contributed by atoms with Crippen molar-refractivity contribution in [3.63, 3.8) is 0 Å². The molecule has 1 aromatic rings. The molecule has 1 atom stereocenters. The molecule has 24 heavy (non-hydrogen) atoms. The third kappa shape index (κ3) is 6.35. The highest BCUT2D eigenvalue weighted by molar-refractivity contribution is 14.0. The van der Waals surface area contributed by atoms with Crippen LogP contribution in [0.4, 0.5) is 0 Å². The highest BCUT2D eigenvalue weighted by Gasteiger charge is 2.18. The zero-order chi connectivity index (χ0) is 16.7. The molecule has 3 N–H and O–H groups in total. The molecule has 1 fully saturated rings. The largest absolute Gasteiger partial charge is 0.493 e. The first-order valence-corrected chi connectivity index (χ1v) is 8.05. The second-order valence-electron chi connectivity index (χ2n) is 6.01. The molecule has 136 valence electrons. The number of likely N-dealkylation sites (tertiary alicyclic amines) is 1. The predicted molar refractivity (Wildman–Crippen MR) is 109 cm³/mol. The van der Waals surface area contributed by atoms with Crippen molar-refractivity contribution in [2.45, 2.75) is 12.8 Å². The quantitative estimate of drug-likeness (QED) is 0.378. The average molecular weight is 448 g/mol. The van der Waals surface area contributed by atoms with E-state index >= 15 is 0 Å². The normalized spacial score (nSPS) is 18.1. The van der Waals surface area contributed by atoms with Gasteiger partial charge in [-0.1, -0.05) is 6.07 Å². The van der Waals surface area contributed by atoms with E-state index in [1.807, 2.05) is 18.2 Å². The average Bonchev–Trinajstić information content (AvgIpc) is 2.98. The summed E-state index contributed by atoms with van der Waals surface area (Å²) in [6.07, 6.45) is 2.06. The smallest absolute Gasteiger partial charge is 0.188 e. The Morgan fingerprint density at radius 1 is 1.33 bits per heavy atom. The fourth-order valence-corrected chi connectivity index (χ4v) is 2.83. The Morgan fingerprint density at radius 2 is 2.08 bits per heavy atom. The molecule has 1 unspecified atom stereocenters. The van der Waals surface area contributed by atoms with Crippen molar-refractivity contribution in [2.75, 3.05) is 47.4 Å². The van der Waals surface area contributed by atoms with Crippen molar-refractivity contribution in [3.05, 3.63) is 23.8 Å². The van der Waals surface area contributed by atoms with Gasteiger partial charge in [0.1, 0.15) is 0 Å². The second-order valence-corrected chi connectivity index (χ2v) is 6.01. The summed E-state index contributed by atoms with van der Waals surface area (Å²) in [5, 5.41) is 3.17. The zero-order valence-electron chi connectivity index (χ0n) is 14.7. The first kappa shape index (κ1) is 20.8. The van der Waals surface area contributed by atoms with Crippen LogP contribution in [0.15, 0.2) is 23.2 Å². The Balaban J connectivity index is 0.00000288. The maximum Gasteiger partial charge on any atom is 0.188 e. The number of nitrogens with one attached hydrogen (secondary N) is 1. The SMILES string of the molecule is COc1ccc(CCNC(N)=NCC2CCN(C)C2)cc1OC.I. The fraction of sp³-hybridized carbons (Fsp3) is 0.588. The fourth-order valence-electron chi connectivity index (χ4n) is 2.83. The second kappa shape index (κ2) is 10.6. The van der Waals surface area contributed by atoms with Gasteiger partial charge in [-0.05, 0) is 50.0 Å². The van der Waals surface area contributed by atoms with Gasteiger partial charge in [0.2, 0.25) is 0 Å². The van der Waals surface area contributed by atoms with Crippen LogP contribution in [0.3, 0.4) is 0 Å². The Labute approximate surface area is 161 Å². The van der Waals surface area contributed by atoms with Crippen LogP contribution in [0, 0.1) is 5.92 Å². The van der Waals surface area contributed by atoms with E-state index in [-0.39, 0.29) is 24.0 Å². The van der Waals surface area contributed by atoms with Gasteiger partial charge in [0.05, 0.1) is 14.2 Å². The first-order valence-electron chi connectivity index (χ1n) is 8.05. The molecule has 0 amide bonds. The molecular formula is C17H29IN4O2. The molecule has 1 aliphatic heterocycles. The van der Waals surface area contributed by atoms with E-state index < -0.39 is 0 Å². The molecule has 0 radical (unpaired) electrons. The minimum absolute atomic E-state index is 0. The summed E-state index contributed by atoms with van der Waals surface area (Å²) >= 11 is 0. The van der Waals surface area contributed by atoms with Crippen LogP contribution in [0.25, 0.3) is 0 Å². The number of rotatable bonds is 7. The summed E-state index contributed by atoms with van der Waals surface area (Å²) in [7, 11) is 5.43. The van der Waals surface area contributed by atoms with Crippen LogP contribution in [-0.2, 0) is 6.42 Å². The highest BCUT2D eigenvalue weighted by atomic mass is 127. The van der Waals surface area contributed by atoms with Gasteiger partial charge < -0.3 is 25.4 Å². The topological polar surface area (TPSA) is 72.1 Å². The molecule has 1 saturated heterocycles. The Kier molecular flexibility index (Phi) is 9.20. The monoisotopic (exact) mass is 448 g/mol. The Morgan fingerprint density at radius 3 is 2.71 bits per heavy atom. The van der Waals surface area contributed by atoms with Crippen molar-refractivity contribution < 1.29 is 9.47 Å². The number of nitrogens with zero attached hydrogens (tertiary/aromatic N) is 2. The third-order valence-electron chi connectivity index (χ3n) is 4.18. The lowest BCUT2D eigenvalue weighted by Gasteiger charge is -2.11. The van der Waals surface area contributed by atoms with Crippen LogP contribution in [0.2, 0.25) is 0 Å². The van der Waals surface area contributed by atoms with Crippen molar-refractivity contribution in [1.82, 2.24) is 10.2 Å². The van der Waals surface area contributed by atoms with Gasteiger partial charge in [0, 0.05) is 19.6 Å². The Hall–Kier alpha value is -1.22. The van der Waals surface area contributed by atoms with Crippen molar-refractivity contribution >= 4 is 29.9 Å². The number of halogens is 1. The van der Waals surface area contributed by atoms with Gasteiger partial charge >= 0.3 is 0 Å². The number of nitrogens with two attached hydrogens (primary N) is 1. The summed E-state index contributed by atoms with van der Waals surface area (Å²) in [6.45, 7) is 3.82. The standard InChI is InChI=1S/C17H28N4O2.HI/c1-21-9-7-14(12-21)11-20-17(18)19-8-6-13-4-5-15(22-2)16(10-13)23-3;/h4-5,10,14H,6-9,11-12H2,1-3H3,(H3,18,19,20);1H. The lowest BCUT2D eigenvalue weighted by Crippen LogP contribution is -2.33. The minimum atomic E-state index is 0. The predicted octanol–water partition coefficient (Wildman–Crippen LogP) is 1.72. The number of ether oxygens (including phenoxy) is 2. The molecule has 0 saturated carbocycles. The van der Waals surface area contributed by atoms with E-state index in [0.717, 1.165) is 44.1 Å². The highest BCUT2D eigenvalue weighted by Crippen LogP contribution is 2.27. The summed E-state index contributed by atoms with van der Waals surface area (Å²) in [6, 6.07) is 5.94. The molecule has 0 aliphatic carbocycles. The third-order valence-corrected chi connectivity index (χ3v) is 4.18. The van der Waals surface area contributed by atoms with E-state index in [4.69, 9.17) is 15.2 Å². The molecule has 1 aromatic carbocycles. The molecule has 0 aromatic heterocycles. The number of hydrogen-bond donors (Lipinski definition) is 2. The summed E-state index contributed by atoms with van der Waals surface area (Å²) in [5.41, 5.74) is 7.10. The zero-order valence-corrected chi connectivity index (χ0v) is 17.1. The van der Waals surface area contributed by atoms with Gasteiger partial charge in [-0.25, -0.2) is 0 Å². The van der Waals surface area contributed by atoms with Gasteiger partial charge in [-0.15, -0.1) is 24.0 Å². The van der Waals surface area contributed by atoms with E-state index in [1.165, 1.54) is 12.0 Å². The number of benzene rings is 1. The van der Waals surface area contributed by atoms with E-state index in [0.29, 0.717) is 11.9 Å². The van der Waals surface area contributed by atoms with Crippen molar-refractivity contribution in [2.24, 2.45) is 16.6 Å². The lowest BCUT2D eigenvalue weighted by atomic mass is 10.1. The molecule has 0 spiro atoms. The van der Waals surface area contributed by atoms with Gasteiger partial charge in [-0.3, -0.25) is 4.99 Å². The van der Waals surface area contributed by atoms with E-state index in [2.05, 4.69) is 22.3 Å². The number of guanidine groups is 1. The summed E-state index contributed by atoms with van der Waals surface area (Å²) < 4.78 is 10.5.